The largest absolute Gasteiger partial charge is 0.392 e. The molecule has 2 heterocycles. The van der Waals surface area contributed by atoms with Crippen LogP contribution in [0, 0.1) is 17.1 Å². The van der Waals surface area contributed by atoms with Crippen molar-refractivity contribution in [3.05, 3.63) is 58.3 Å². The van der Waals surface area contributed by atoms with Crippen LogP contribution in [0.25, 0.3) is 5.69 Å². The van der Waals surface area contributed by atoms with Crippen molar-refractivity contribution in [2.75, 3.05) is 7.05 Å². The summed E-state index contributed by atoms with van der Waals surface area (Å²) in [6.07, 6.45) is 2.21. The van der Waals surface area contributed by atoms with Gasteiger partial charge in [0, 0.05) is 11.6 Å². The summed E-state index contributed by atoms with van der Waals surface area (Å²) in [5.74, 6) is -0.434. The molecule has 24 heavy (non-hydrogen) atoms. The molecule has 3 rings (SSSR count). The van der Waals surface area contributed by atoms with Crippen molar-refractivity contribution in [2.24, 2.45) is 5.11 Å². The molecule has 1 N–H and O–H groups in total. The molecule has 1 aliphatic rings. The van der Waals surface area contributed by atoms with Gasteiger partial charge in [0.05, 0.1) is 24.4 Å². The van der Waals surface area contributed by atoms with E-state index < -0.39 is 11.9 Å². The first kappa shape index (κ1) is 16.3. The van der Waals surface area contributed by atoms with Gasteiger partial charge in [-0.2, -0.15) is 10.4 Å². The molecular formula is C16H14ClFN5O+. The highest BCUT2D eigenvalue weighted by Crippen LogP contribution is 2.24. The van der Waals surface area contributed by atoms with Crippen molar-refractivity contribution < 1.29 is 14.2 Å². The summed E-state index contributed by atoms with van der Waals surface area (Å²) in [6.45, 7) is -0.321. The molecule has 0 amide bonds. The molecule has 1 unspecified atom stereocenters. The van der Waals surface area contributed by atoms with Crippen LogP contribution in [0.4, 0.5) is 4.39 Å². The molecule has 1 aromatic carbocycles. The van der Waals surface area contributed by atoms with Crippen LogP contribution < -0.4 is 0 Å². The topological polar surface area (TPSA) is 77.2 Å². The molecule has 0 aliphatic carbocycles. The number of aliphatic hydroxyl groups is 1. The van der Waals surface area contributed by atoms with E-state index in [1.165, 1.54) is 12.1 Å². The van der Waals surface area contributed by atoms with E-state index in [-0.39, 0.29) is 11.8 Å². The summed E-state index contributed by atoms with van der Waals surface area (Å²) < 4.78 is 16.6. The predicted molar refractivity (Wildman–Crippen MR) is 84.3 cm³/mol. The Hall–Kier alpha value is -2.56. The standard InChI is InChI=1S/C16H14ClFN5O/c1-22-13(5-12(8-19)20-22)6-14-7-16(17)21-23(14)15-3-2-11(18)4-10(15)9-24/h2-5,7,12,24H,6,9H2,1H3/q+1. The van der Waals surface area contributed by atoms with E-state index in [9.17, 15) is 9.50 Å². The summed E-state index contributed by atoms with van der Waals surface area (Å²) >= 11 is 6.04. The number of aromatic nitrogens is 2. The smallest absolute Gasteiger partial charge is 0.223 e. The van der Waals surface area contributed by atoms with Crippen molar-refractivity contribution in [3.63, 3.8) is 0 Å². The van der Waals surface area contributed by atoms with Gasteiger partial charge in [0.2, 0.25) is 11.7 Å². The average Bonchev–Trinajstić information content (AvgIpc) is 3.10. The summed E-state index contributed by atoms with van der Waals surface area (Å²) in [4.78, 5) is 0. The Morgan fingerprint density at radius 1 is 1.46 bits per heavy atom. The van der Waals surface area contributed by atoms with Gasteiger partial charge in [0.25, 0.3) is 0 Å². The zero-order valence-corrected chi connectivity index (χ0v) is 13.6. The second kappa shape index (κ2) is 6.51. The average molecular weight is 347 g/mol. The quantitative estimate of drug-likeness (QED) is 0.864. The molecule has 122 valence electrons. The van der Waals surface area contributed by atoms with Crippen molar-refractivity contribution >= 4 is 11.6 Å². The van der Waals surface area contributed by atoms with Crippen LogP contribution in [0.2, 0.25) is 5.15 Å². The summed E-state index contributed by atoms with van der Waals surface area (Å²) in [7, 11) is 1.77. The van der Waals surface area contributed by atoms with Crippen molar-refractivity contribution in [1.29, 1.82) is 5.26 Å². The Bertz CT molecular complexity index is 896. The van der Waals surface area contributed by atoms with Gasteiger partial charge in [-0.15, -0.1) is 0 Å². The monoisotopic (exact) mass is 346 g/mol. The molecular weight excluding hydrogens is 333 g/mol. The Morgan fingerprint density at radius 3 is 2.92 bits per heavy atom. The first-order valence-electron chi connectivity index (χ1n) is 7.20. The molecule has 0 fully saturated rings. The first-order valence-corrected chi connectivity index (χ1v) is 7.58. The lowest BCUT2D eigenvalue weighted by atomic mass is 10.1. The molecule has 0 spiro atoms. The maximum atomic E-state index is 13.4. The predicted octanol–water partition coefficient (Wildman–Crippen LogP) is 2.58. The molecule has 0 radical (unpaired) electrons. The normalized spacial score (nSPS) is 16.7. The second-order valence-electron chi connectivity index (χ2n) is 5.35. The lowest BCUT2D eigenvalue weighted by Crippen LogP contribution is -2.09. The van der Waals surface area contributed by atoms with Gasteiger partial charge in [0.1, 0.15) is 11.9 Å². The highest BCUT2D eigenvalue weighted by Gasteiger charge is 2.26. The van der Waals surface area contributed by atoms with Crippen LogP contribution in [0.15, 0.2) is 41.2 Å². The minimum atomic E-state index is -0.504. The lowest BCUT2D eigenvalue weighted by molar-refractivity contribution is -0.513. The van der Waals surface area contributed by atoms with Gasteiger partial charge in [-0.1, -0.05) is 16.3 Å². The highest BCUT2D eigenvalue weighted by molar-refractivity contribution is 6.29. The molecule has 0 saturated heterocycles. The third kappa shape index (κ3) is 3.07. The fourth-order valence-corrected chi connectivity index (χ4v) is 2.82. The molecule has 0 bridgehead atoms. The number of aliphatic hydroxyl groups excluding tert-OH is 1. The Labute approximate surface area is 142 Å². The van der Waals surface area contributed by atoms with E-state index in [0.29, 0.717) is 17.7 Å². The van der Waals surface area contributed by atoms with Crippen LogP contribution in [0.3, 0.4) is 0 Å². The molecule has 0 saturated carbocycles. The van der Waals surface area contributed by atoms with E-state index in [1.807, 2.05) is 0 Å². The van der Waals surface area contributed by atoms with Gasteiger partial charge >= 0.3 is 0 Å². The van der Waals surface area contributed by atoms with Gasteiger partial charge in [-0.25, -0.2) is 9.07 Å². The maximum Gasteiger partial charge on any atom is 0.223 e. The Balaban J connectivity index is 2.01. The maximum absolute atomic E-state index is 13.4. The fraction of sp³-hybridized carbons (Fsp3) is 0.250. The highest BCUT2D eigenvalue weighted by atomic mass is 35.5. The van der Waals surface area contributed by atoms with Crippen LogP contribution in [-0.4, -0.2) is 32.7 Å². The minimum Gasteiger partial charge on any atom is -0.392 e. The van der Waals surface area contributed by atoms with Gasteiger partial charge in [-0.05, 0) is 29.4 Å². The van der Waals surface area contributed by atoms with E-state index in [0.717, 1.165) is 11.4 Å². The minimum absolute atomic E-state index is 0.285. The first-order chi connectivity index (χ1) is 11.5. The second-order valence-corrected chi connectivity index (χ2v) is 5.74. The van der Waals surface area contributed by atoms with Crippen LogP contribution in [0.5, 0.6) is 0 Å². The van der Waals surface area contributed by atoms with Crippen LogP contribution in [-0.2, 0) is 13.0 Å². The number of rotatable bonds is 4. The SMILES string of the molecule is C[N+]1=NC(C#N)C=C1Cc1cc(Cl)nn1-c1ccc(F)cc1CO. The number of likely N-dealkylation sites (N-methyl/N-ethyl adjacent to an activating group) is 1. The van der Waals surface area contributed by atoms with Crippen molar-refractivity contribution in [2.45, 2.75) is 19.1 Å². The molecule has 8 heteroatoms. The molecule has 1 aliphatic heterocycles. The van der Waals surface area contributed by atoms with Gasteiger partial charge in [-0.3, -0.25) is 0 Å². The summed E-state index contributed by atoms with van der Waals surface area (Å²) in [6, 6.07) is 7.38. The number of azo groups is 2. The number of halogens is 2. The van der Waals surface area contributed by atoms with E-state index in [4.69, 9.17) is 16.9 Å². The molecule has 1 aromatic heterocycles. The summed E-state index contributed by atoms with van der Waals surface area (Å²) in [5.41, 5.74) is 2.54. The summed E-state index contributed by atoms with van der Waals surface area (Å²) in [5, 5.41) is 27.1. The van der Waals surface area contributed by atoms with Gasteiger partial charge in [0.15, 0.2) is 12.2 Å². The zero-order chi connectivity index (χ0) is 17.3. The Kier molecular flexibility index (Phi) is 4.42. The number of nitriles is 1. The molecule has 1 atom stereocenters. The third-order valence-electron chi connectivity index (χ3n) is 3.75. The van der Waals surface area contributed by atoms with E-state index in [1.54, 1.807) is 34.6 Å². The van der Waals surface area contributed by atoms with Crippen LogP contribution in [0.1, 0.15) is 11.3 Å². The van der Waals surface area contributed by atoms with Gasteiger partial charge < -0.3 is 5.11 Å². The fourth-order valence-electron chi connectivity index (χ4n) is 2.62. The van der Waals surface area contributed by atoms with E-state index >= 15 is 0 Å². The Morgan fingerprint density at radius 2 is 2.25 bits per heavy atom. The number of benzene rings is 1. The molecule has 6 nitrogen and oxygen atoms in total. The van der Waals surface area contributed by atoms with Crippen molar-refractivity contribution in [3.8, 4) is 11.8 Å². The third-order valence-corrected chi connectivity index (χ3v) is 3.94. The molecule has 2 aromatic rings. The number of hydrogen-bond acceptors (Lipinski definition) is 4. The van der Waals surface area contributed by atoms with Crippen molar-refractivity contribution in [1.82, 2.24) is 9.78 Å². The lowest BCUT2D eigenvalue weighted by Gasteiger charge is -2.10. The number of nitrogens with zero attached hydrogens (tertiary/aromatic N) is 5. The number of allylic oxidation sites excluding steroid dienone is 1. The number of hydrogen-bond donors (Lipinski definition) is 1. The zero-order valence-electron chi connectivity index (χ0n) is 12.8. The van der Waals surface area contributed by atoms with Crippen LogP contribution >= 0.6 is 11.6 Å². The van der Waals surface area contributed by atoms with E-state index in [2.05, 4.69) is 16.3 Å².